The van der Waals surface area contributed by atoms with Crippen LogP contribution in [0.1, 0.15) is 41.7 Å². The highest BCUT2D eigenvalue weighted by Gasteiger charge is 2.38. The number of H-pyrrole nitrogens is 1. The van der Waals surface area contributed by atoms with Gasteiger partial charge < -0.3 is 4.90 Å². The number of nitrogens with one attached hydrogen (secondary N) is 1. The van der Waals surface area contributed by atoms with Crippen LogP contribution in [0.15, 0.2) is 29.3 Å². The average Bonchev–Trinajstić information content (AvgIpc) is 3.33. The lowest BCUT2D eigenvalue weighted by atomic mass is 9.82. The minimum atomic E-state index is -0.266. The third-order valence-electron chi connectivity index (χ3n) is 6.44. The van der Waals surface area contributed by atoms with Gasteiger partial charge in [0, 0.05) is 19.3 Å². The molecule has 3 aromatic heterocycles. The Kier molecular flexibility index (Phi) is 4.42. The minimum absolute atomic E-state index is 0.0680. The van der Waals surface area contributed by atoms with E-state index in [0.717, 1.165) is 12.8 Å². The van der Waals surface area contributed by atoms with E-state index < -0.39 is 0 Å². The van der Waals surface area contributed by atoms with Crippen LogP contribution >= 0.6 is 0 Å². The predicted octanol–water partition coefficient (Wildman–Crippen LogP) is 1.92. The van der Waals surface area contributed by atoms with Gasteiger partial charge in [-0.15, -0.1) is 5.10 Å². The number of hydrogen-bond donors (Lipinski definition) is 1. The molecule has 1 aliphatic carbocycles. The van der Waals surface area contributed by atoms with Gasteiger partial charge in [0.2, 0.25) is 5.95 Å². The van der Waals surface area contributed by atoms with Crippen molar-refractivity contribution in [1.82, 2.24) is 29.3 Å². The molecule has 154 valence electrons. The van der Waals surface area contributed by atoms with Crippen molar-refractivity contribution in [2.45, 2.75) is 32.6 Å². The molecule has 1 unspecified atom stereocenters. The smallest absolute Gasteiger partial charge is 0.276 e. The monoisotopic (exact) mass is 405 g/mol. The summed E-state index contributed by atoms with van der Waals surface area (Å²) >= 11 is 0. The van der Waals surface area contributed by atoms with Gasteiger partial charge in [0.25, 0.3) is 11.5 Å². The summed E-state index contributed by atoms with van der Waals surface area (Å²) in [4.78, 5) is 29.9. The van der Waals surface area contributed by atoms with Crippen LogP contribution in [0.4, 0.5) is 0 Å². The van der Waals surface area contributed by atoms with E-state index in [9.17, 15) is 14.9 Å². The van der Waals surface area contributed by atoms with Gasteiger partial charge in [-0.1, -0.05) is 0 Å². The number of fused-ring (bicyclic) bond motifs is 1. The van der Waals surface area contributed by atoms with Gasteiger partial charge in [0.1, 0.15) is 5.52 Å². The van der Waals surface area contributed by atoms with Crippen LogP contribution in [0.3, 0.4) is 0 Å². The molecule has 0 bridgehead atoms. The Hall–Kier alpha value is -3.41. The van der Waals surface area contributed by atoms with E-state index >= 15 is 0 Å². The molecule has 1 atom stereocenters. The lowest BCUT2D eigenvalue weighted by molar-refractivity contribution is 0.0666. The maximum absolute atomic E-state index is 13.1. The summed E-state index contributed by atoms with van der Waals surface area (Å²) < 4.78 is 2.98. The fraction of sp³-hybridized carbons (Fsp3) is 0.476. The molecule has 9 nitrogen and oxygen atoms in total. The van der Waals surface area contributed by atoms with Crippen molar-refractivity contribution >= 4 is 11.4 Å². The van der Waals surface area contributed by atoms with Crippen molar-refractivity contribution in [3.05, 3.63) is 46.1 Å². The molecule has 2 fully saturated rings. The van der Waals surface area contributed by atoms with E-state index in [0.29, 0.717) is 41.7 Å². The number of rotatable bonds is 4. The molecule has 1 saturated heterocycles. The second kappa shape index (κ2) is 7.13. The normalized spacial score (nSPS) is 18.5. The molecule has 9 heteroatoms. The number of nitriles is 1. The summed E-state index contributed by atoms with van der Waals surface area (Å²) in [6.45, 7) is 3.11. The Labute approximate surface area is 172 Å². The highest BCUT2D eigenvalue weighted by molar-refractivity contribution is 5.95. The summed E-state index contributed by atoms with van der Waals surface area (Å²) in [6.07, 6.45) is 7.30. The van der Waals surface area contributed by atoms with Crippen LogP contribution in [0.2, 0.25) is 0 Å². The highest BCUT2D eigenvalue weighted by Crippen LogP contribution is 2.43. The lowest BCUT2D eigenvalue weighted by Crippen LogP contribution is -2.40. The van der Waals surface area contributed by atoms with E-state index in [4.69, 9.17) is 0 Å². The minimum Gasteiger partial charge on any atom is -0.339 e. The number of aromatic amines is 1. The van der Waals surface area contributed by atoms with Crippen LogP contribution in [0.5, 0.6) is 0 Å². The number of aromatic nitrogens is 5. The second-order valence-electron chi connectivity index (χ2n) is 8.29. The Balaban J connectivity index is 1.34. The number of likely N-dealkylation sites (tertiary alicyclic amines) is 1. The van der Waals surface area contributed by atoms with E-state index in [1.54, 1.807) is 25.3 Å². The van der Waals surface area contributed by atoms with E-state index in [2.05, 4.69) is 21.3 Å². The molecule has 1 amide bonds. The third kappa shape index (κ3) is 3.09. The summed E-state index contributed by atoms with van der Waals surface area (Å²) in [6, 6.07) is 5.93. The van der Waals surface area contributed by atoms with E-state index in [1.165, 1.54) is 28.2 Å². The molecule has 1 N–H and O–H groups in total. The number of amides is 1. The van der Waals surface area contributed by atoms with Gasteiger partial charge in [-0.05, 0) is 56.6 Å². The number of carbonyl (C=O) groups is 1. The fourth-order valence-corrected chi connectivity index (χ4v) is 4.54. The number of piperidine rings is 1. The lowest BCUT2D eigenvalue weighted by Gasteiger charge is -2.34. The van der Waals surface area contributed by atoms with E-state index in [1.807, 2.05) is 4.90 Å². The zero-order valence-corrected chi connectivity index (χ0v) is 16.8. The first-order valence-electron chi connectivity index (χ1n) is 10.4. The average molecular weight is 405 g/mol. The van der Waals surface area contributed by atoms with Crippen molar-refractivity contribution in [3.63, 3.8) is 0 Å². The predicted molar refractivity (Wildman–Crippen MR) is 108 cm³/mol. The van der Waals surface area contributed by atoms with E-state index in [-0.39, 0.29) is 23.3 Å². The standard InChI is InChI=1S/C21H23N7O2/c1-13-17(12-23-28(13)21-24-19(29)18-3-2-8-27(18)25-21)20(30)26-9-6-15(7-10-26)16(11-22)14-4-5-14/h2-3,8,12,14-16H,4-7,9-10H2,1H3,(H,24,25,29). The van der Waals surface area contributed by atoms with Crippen LogP contribution < -0.4 is 5.56 Å². The van der Waals surface area contributed by atoms with Crippen molar-refractivity contribution < 1.29 is 4.79 Å². The van der Waals surface area contributed by atoms with Gasteiger partial charge in [-0.3, -0.25) is 14.6 Å². The molecule has 30 heavy (non-hydrogen) atoms. The first-order chi connectivity index (χ1) is 14.6. The molecule has 1 aliphatic heterocycles. The molecule has 0 aromatic carbocycles. The van der Waals surface area contributed by atoms with Crippen molar-refractivity contribution in [2.24, 2.45) is 17.8 Å². The van der Waals surface area contributed by atoms with Gasteiger partial charge in [-0.25, -0.2) is 9.20 Å². The maximum atomic E-state index is 13.1. The Morgan fingerprint density at radius 1 is 1.27 bits per heavy atom. The largest absolute Gasteiger partial charge is 0.339 e. The van der Waals surface area contributed by atoms with Crippen LogP contribution in [-0.2, 0) is 0 Å². The van der Waals surface area contributed by atoms with Crippen LogP contribution in [-0.4, -0.2) is 48.3 Å². The summed E-state index contributed by atoms with van der Waals surface area (Å²) in [7, 11) is 0. The van der Waals surface area contributed by atoms with Gasteiger partial charge in [0.15, 0.2) is 0 Å². The summed E-state index contributed by atoms with van der Waals surface area (Å²) in [5.41, 5.74) is 1.31. The molecular formula is C21H23N7O2. The number of nitrogens with zero attached hydrogens (tertiary/aromatic N) is 6. The van der Waals surface area contributed by atoms with Crippen molar-refractivity contribution in [1.29, 1.82) is 5.26 Å². The van der Waals surface area contributed by atoms with Crippen molar-refractivity contribution in [2.75, 3.05) is 13.1 Å². The topological polar surface area (TPSA) is 112 Å². The zero-order chi connectivity index (χ0) is 20.8. The third-order valence-corrected chi connectivity index (χ3v) is 6.44. The van der Waals surface area contributed by atoms with Gasteiger partial charge in [-0.2, -0.15) is 10.4 Å². The first kappa shape index (κ1) is 18.6. The van der Waals surface area contributed by atoms with Gasteiger partial charge in [0.05, 0.1) is 29.4 Å². The highest BCUT2D eigenvalue weighted by atomic mass is 16.2. The Morgan fingerprint density at radius 2 is 2.00 bits per heavy atom. The van der Waals surface area contributed by atoms with Crippen molar-refractivity contribution in [3.8, 4) is 12.0 Å². The quantitative estimate of drug-likeness (QED) is 0.713. The zero-order valence-electron chi connectivity index (χ0n) is 16.8. The first-order valence-corrected chi connectivity index (χ1v) is 10.4. The molecule has 2 aliphatic rings. The maximum Gasteiger partial charge on any atom is 0.276 e. The molecule has 4 heterocycles. The molecule has 3 aromatic rings. The second-order valence-corrected chi connectivity index (χ2v) is 8.29. The molecule has 0 spiro atoms. The molecule has 1 saturated carbocycles. The summed E-state index contributed by atoms with van der Waals surface area (Å²) in [5, 5.41) is 18.2. The number of carbonyl (C=O) groups excluding carboxylic acids is 1. The summed E-state index contributed by atoms with van der Waals surface area (Å²) in [5.74, 6) is 1.29. The van der Waals surface area contributed by atoms with Gasteiger partial charge >= 0.3 is 0 Å². The fourth-order valence-electron chi connectivity index (χ4n) is 4.54. The molecule has 0 radical (unpaired) electrons. The Bertz CT molecular complexity index is 1200. The molecule has 5 rings (SSSR count). The van der Waals surface area contributed by atoms with Crippen LogP contribution in [0, 0.1) is 36.0 Å². The van der Waals surface area contributed by atoms with Crippen LogP contribution in [0.25, 0.3) is 11.5 Å². The molecular weight excluding hydrogens is 382 g/mol. The Morgan fingerprint density at radius 3 is 2.70 bits per heavy atom. The number of hydrogen-bond acceptors (Lipinski definition) is 5. The SMILES string of the molecule is Cc1c(C(=O)N2CCC(C(C#N)C3CC3)CC2)cnn1-c1nn2cccc2c(=O)[nH]1.